The van der Waals surface area contributed by atoms with E-state index in [0.717, 1.165) is 117 Å². The van der Waals surface area contributed by atoms with Crippen molar-refractivity contribution in [1.82, 2.24) is 60.8 Å². The van der Waals surface area contributed by atoms with Crippen LogP contribution in [0.4, 0.5) is 0 Å². The smallest absolute Gasteiger partial charge is 0.233 e. The molecule has 514 valence electrons. The monoisotopic (exact) mass is 1330 g/mol. The van der Waals surface area contributed by atoms with Crippen LogP contribution >= 0.6 is 0 Å². The zero-order valence-corrected chi connectivity index (χ0v) is 57.1. The van der Waals surface area contributed by atoms with Gasteiger partial charge in [0.1, 0.15) is 48.6 Å². The maximum Gasteiger partial charge on any atom is 0.233 e. The van der Waals surface area contributed by atoms with Gasteiger partial charge < -0.3 is 66.6 Å². The Balaban J connectivity index is 0.000000171. The third-order valence-corrected chi connectivity index (χ3v) is 14.1. The number of aromatic amines is 5. The summed E-state index contributed by atoms with van der Waals surface area (Å²) in [5.74, 6) is 6.94. The van der Waals surface area contributed by atoms with E-state index in [1.54, 1.807) is 49.8 Å². The minimum Gasteiger partial charge on any atom is -0.496 e. The number of rotatable bonds is 31. The summed E-state index contributed by atoms with van der Waals surface area (Å²) in [6.45, 7) is 5.92. The van der Waals surface area contributed by atoms with Gasteiger partial charge in [-0.15, -0.1) is 25.5 Å². The summed E-state index contributed by atoms with van der Waals surface area (Å²) in [6.07, 6.45) is 1.82. The first kappa shape index (κ1) is 73.6. The first-order valence-corrected chi connectivity index (χ1v) is 31.4. The van der Waals surface area contributed by atoms with Gasteiger partial charge in [-0.05, 0) is 101 Å². The molecule has 24 nitrogen and oxygen atoms in total. The first-order chi connectivity index (χ1) is 47.5. The van der Waals surface area contributed by atoms with Crippen molar-refractivity contribution in [3.8, 4) is 114 Å². The predicted molar refractivity (Wildman–Crippen MR) is 376 cm³/mol. The SMILES string of the molecule is COCCCOc1cc(-c2ccccc2OC)[nH]n1.COCCOc1cc(-c2ccccc2OC)[nH]n1.COc1ccccc1-c1cc(OCCCN(C)C)n[nH]1.COc1ccccc1-c1cc(OCCN(C)C)n[nH]1.COc1ccccc1-c1cc(OCc2ccccc2)n[nH]1. The molecule has 0 atom stereocenters. The van der Waals surface area contributed by atoms with Crippen LogP contribution in [0.2, 0.25) is 0 Å². The Hall–Kier alpha value is -10.8. The van der Waals surface area contributed by atoms with Crippen LogP contribution < -0.4 is 47.4 Å². The van der Waals surface area contributed by atoms with Crippen LogP contribution in [0.15, 0.2) is 182 Å². The average molecular weight is 1330 g/mol. The highest BCUT2D eigenvalue weighted by Gasteiger charge is 2.14. The number of benzene rings is 6. The molecule has 0 unspecified atom stereocenters. The first-order valence-electron chi connectivity index (χ1n) is 31.4. The lowest BCUT2D eigenvalue weighted by Crippen LogP contribution is -2.19. The molecule has 0 aliphatic rings. The summed E-state index contributed by atoms with van der Waals surface area (Å²) >= 11 is 0. The van der Waals surface area contributed by atoms with Crippen LogP contribution in [-0.4, -0.2) is 191 Å². The number of ether oxygens (including phenoxy) is 12. The van der Waals surface area contributed by atoms with Crippen LogP contribution in [0.25, 0.3) is 56.3 Å². The van der Waals surface area contributed by atoms with Gasteiger partial charge in [0, 0.05) is 98.5 Å². The normalized spacial score (nSPS) is 10.5. The number of hydrogen-bond acceptors (Lipinski definition) is 19. The molecular weight excluding hydrogens is 1240 g/mol. The van der Waals surface area contributed by atoms with Crippen LogP contribution in [0.1, 0.15) is 18.4 Å². The van der Waals surface area contributed by atoms with Gasteiger partial charge in [0.15, 0.2) is 0 Å². The summed E-state index contributed by atoms with van der Waals surface area (Å²) in [7, 11) is 19.7. The Bertz CT molecular complexity index is 3940. The zero-order valence-electron chi connectivity index (χ0n) is 57.1. The van der Waals surface area contributed by atoms with E-state index in [0.29, 0.717) is 75.6 Å². The highest BCUT2D eigenvalue weighted by molar-refractivity contribution is 5.71. The Morgan fingerprint density at radius 3 is 0.897 bits per heavy atom. The zero-order chi connectivity index (χ0) is 68.8. The molecule has 11 rings (SSSR count). The topological polar surface area (TPSA) is 261 Å². The molecule has 0 saturated carbocycles. The molecule has 0 fully saturated rings. The summed E-state index contributed by atoms with van der Waals surface area (Å²) in [4.78, 5) is 4.20. The van der Waals surface area contributed by atoms with E-state index in [1.807, 2.05) is 210 Å². The van der Waals surface area contributed by atoms with Crippen molar-refractivity contribution >= 4 is 0 Å². The van der Waals surface area contributed by atoms with E-state index >= 15 is 0 Å². The summed E-state index contributed by atoms with van der Waals surface area (Å²) in [5.41, 5.74) is 10.3. The van der Waals surface area contributed by atoms with Crippen LogP contribution in [0, 0.1) is 0 Å². The molecule has 11 aromatic rings. The minimum absolute atomic E-state index is 0.479. The van der Waals surface area contributed by atoms with E-state index in [2.05, 4.69) is 60.8 Å². The van der Waals surface area contributed by atoms with Crippen molar-refractivity contribution < 1.29 is 56.8 Å². The van der Waals surface area contributed by atoms with Crippen LogP contribution in [0.5, 0.6) is 58.1 Å². The highest BCUT2D eigenvalue weighted by Crippen LogP contribution is 2.34. The number of para-hydroxylation sites is 5. The summed E-state index contributed by atoms with van der Waals surface area (Å²) < 4.78 is 64.3. The molecule has 6 aromatic carbocycles. The van der Waals surface area contributed by atoms with Gasteiger partial charge in [-0.25, -0.2) is 0 Å². The second kappa shape index (κ2) is 41.1. The van der Waals surface area contributed by atoms with Gasteiger partial charge in [0.25, 0.3) is 0 Å². The van der Waals surface area contributed by atoms with Gasteiger partial charge in [-0.2, -0.15) is 0 Å². The van der Waals surface area contributed by atoms with E-state index in [4.69, 9.17) is 56.8 Å². The molecular formula is C73H90N12O12. The third-order valence-electron chi connectivity index (χ3n) is 14.1. The number of aromatic nitrogens is 10. The number of H-pyrrole nitrogens is 5. The molecule has 0 spiro atoms. The van der Waals surface area contributed by atoms with Gasteiger partial charge in [0.05, 0.1) is 83.8 Å². The molecule has 5 N–H and O–H groups in total. The highest BCUT2D eigenvalue weighted by atomic mass is 16.5. The van der Waals surface area contributed by atoms with E-state index in [9.17, 15) is 0 Å². The summed E-state index contributed by atoms with van der Waals surface area (Å²) in [5, 5.41) is 35.5. The van der Waals surface area contributed by atoms with Crippen molar-refractivity contribution in [2.75, 3.05) is 131 Å². The molecule has 24 heteroatoms. The number of likely N-dealkylation sites (N-methyl/N-ethyl adjacent to an activating group) is 1. The molecule has 0 amide bonds. The number of methoxy groups -OCH3 is 7. The number of hydrogen-bond donors (Lipinski definition) is 5. The van der Waals surface area contributed by atoms with Crippen LogP contribution in [-0.2, 0) is 16.1 Å². The standard InChI is InChI=1S/C17H16N2O2.C15H21N3O2.C14H19N3O2.C14H18N2O3.C13H16N2O3/c1-20-16-10-6-5-9-14(16)15-11-17(19-18-15)21-12-13-7-3-2-4-8-13;1-18(2)9-6-10-20-15-11-13(16-17-15)12-7-4-5-8-14(12)19-3;1-17(2)8-9-19-14-10-12(15-16-14)11-6-4-5-7-13(11)18-3;1-17-8-5-9-19-14-10-12(15-16-14)11-6-3-4-7-13(11)18-2;1-16-7-8-18-13-9-11(14-15-13)10-5-3-4-6-12(10)17-2/h2-11H,12H2,1H3,(H,18,19);4-5,7-8,11H,6,9-10H2,1-3H3,(H,16,17);4-7,10H,8-9H2,1-3H3,(H,15,16);3-4,6-7,10H,5,8-9H2,1-2H3,(H,15,16);3-6,9H,7-8H2,1-2H3,(H,14,15). The molecule has 5 aromatic heterocycles. The van der Waals surface area contributed by atoms with E-state index in [-0.39, 0.29) is 0 Å². The van der Waals surface area contributed by atoms with E-state index < -0.39 is 0 Å². The Morgan fingerprint density at radius 2 is 0.577 bits per heavy atom. The van der Waals surface area contributed by atoms with Gasteiger partial charge in [0.2, 0.25) is 29.4 Å². The predicted octanol–water partition coefficient (Wildman–Crippen LogP) is 12.7. The largest absolute Gasteiger partial charge is 0.496 e. The van der Waals surface area contributed by atoms with Crippen molar-refractivity contribution in [2.45, 2.75) is 19.4 Å². The van der Waals surface area contributed by atoms with Gasteiger partial charge >= 0.3 is 0 Å². The fraction of sp³-hybridized carbons (Fsp3) is 0.301. The van der Waals surface area contributed by atoms with Crippen molar-refractivity contribution in [3.05, 3.63) is 188 Å². The van der Waals surface area contributed by atoms with Crippen molar-refractivity contribution in [1.29, 1.82) is 0 Å². The molecule has 0 saturated heterocycles. The van der Waals surface area contributed by atoms with Crippen LogP contribution in [0.3, 0.4) is 0 Å². The maximum atomic E-state index is 5.68. The molecule has 0 aliphatic carbocycles. The van der Waals surface area contributed by atoms with Gasteiger partial charge in [-0.3, -0.25) is 25.5 Å². The maximum absolute atomic E-state index is 5.68. The lowest BCUT2D eigenvalue weighted by atomic mass is 10.1. The van der Waals surface area contributed by atoms with Gasteiger partial charge in [-0.1, -0.05) is 91.0 Å². The summed E-state index contributed by atoms with van der Waals surface area (Å²) in [6, 6.07) is 58.3. The number of nitrogens with one attached hydrogen (secondary N) is 5. The molecule has 97 heavy (non-hydrogen) atoms. The molecule has 0 radical (unpaired) electrons. The molecule has 0 aliphatic heterocycles. The Labute approximate surface area is 567 Å². The third kappa shape index (κ3) is 24.2. The van der Waals surface area contributed by atoms with Crippen molar-refractivity contribution in [2.24, 2.45) is 0 Å². The average Bonchev–Trinajstić information content (AvgIpc) is 1.87. The Kier molecular flexibility index (Phi) is 31.2. The second-order valence-corrected chi connectivity index (χ2v) is 21.6. The fourth-order valence-corrected chi connectivity index (χ4v) is 9.14. The fourth-order valence-electron chi connectivity index (χ4n) is 9.14. The Morgan fingerprint density at radius 1 is 0.289 bits per heavy atom. The van der Waals surface area contributed by atoms with E-state index in [1.165, 1.54) is 0 Å². The molecule has 5 heterocycles. The number of nitrogens with zero attached hydrogens (tertiary/aromatic N) is 7. The lowest BCUT2D eigenvalue weighted by Gasteiger charge is -2.08. The minimum atomic E-state index is 0.479. The molecule has 0 bridgehead atoms. The second-order valence-electron chi connectivity index (χ2n) is 21.6. The lowest BCUT2D eigenvalue weighted by molar-refractivity contribution is 0.143. The van der Waals surface area contributed by atoms with Crippen molar-refractivity contribution in [3.63, 3.8) is 0 Å². The quantitative estimate of drug-likeness (QED) is 0.0253.